The molecule has 0 saturated carbocycles. The summed E-state index contributed by atoms with van der Waals surface area (Å²) in [6, 6.07) is -0.261. The van der Waals surface area contributed by atoms with Crippen molar-refractivity contribution in [1.29, 1.82) is 0 Å². The van der Waals surface area contributed by atoms with E-state index in [1.54, 1.807) is 25.5 Å². The van der Waals surface area contributed by atoms with Crippen molar-refractivity contribution in [3.05, 3.63) is 27.5 Å². The Labute approximate surface area is 160 Å². The third kappa shape index (κ3) is 3.74. The molecule has 0 unspecified atom stereocenters. The van der Waals surface area contributed by atoms with Crippen LogP contribution in [-0.4, -0.2) is 53.7 Å². The van der Waals surface area contributed by atoms with Crippen molar-refractivity contribution in [2.45, 2.75) is 33.2 Å². The molecule has 2 aromatic rings. The van der Waals surface area contributed by atoms with E-state index in [0.717, 1.165) is 0 Å². The number of hydrogen-bond donors (Lipinski definition) is 1. The highest BCUT2D eigenvalue weighted by Gasteiger charge is 2.32. The molecule has 27 heavy (non-hydrogen) atoms. The van der Waals surface area contributed by atoms with Crippen LogP contribution in [0.25, 0.3) is 0 Å². The Hall–Kier alpha value is -2.27. The van der Waals surface area contributed by atoms with E-state index in [0.29, 0.717) is 28.2 Å². The van der Waals surface area contributed by atoms with Crippen molar-refractivity contribution < 1.29 is 22.7 Å². The van der Waals surface area contributed by atoms with Crippen molar-refractivity contribution in [2.24, 2.45) is 0 Å². The van der Waals surface area contributed by atoms with Gasteiger partial charge in [-0.05, 0) is 27.2 Å². The molecule has 1 saturated heterocycles. The first kappa shape index (κ1) is 19.5. The van der Waals surface area contributed by atoms with Crippen LogP contribution in [0.5, 0.6) is 0 Å². The van der Waals surface area contributed by atoms with Crippen molar-refractivity contribution >= 4 is 38.2 Å². The van der Waals surface area contributed by atoms with Crippen LogP contribution in [0.3, 0.4) is 0 Å². The summed E-state index contributed by atoms with van der Waals surface area (Å²) in [7, 11) is -1.79. The van der Waals surface area contributed by atoms with Crippen LogP contribution in [0.2, 0.25) is 0 Å². The van der Waals surface area contributed by atoms with Crippen LogP contribution >= 0.6 is 11.3 Å². The van der Waals surface area contributed by atoms with E-state index in [2.05, 4.69) is 20.1 Å². The average Bonchev–Trinajstić information content (AvgIpc) is 3.22. The molecule has 3 heterocycles. The molecule has 1 N–H and O–H groups in total. The summed E-state index contributed by atoms with van der Waals surface area (Å²) in [4.78, 5) is 29.2. The van der Waals surface area contributed by atoms with Gasteiger partial charge >= 0.3 is 5.97 Å². The molecule has 0 spiro atoms. The summed E-state index contributed by atoms with van der Waals surface area (Å²) >= 11 is 1.17. The number of anilines is 1. The number of carbonyl (C=O) groups is 2. The average molecular weight is 412 g/mol. The van der Waals surface area contributed by atoms with Crippen molar-refractivity contribution in [2.75, 3.05) is 23.9 Å². The fourth-order valence-corrected chi connectivity index (χ4v) is 5.70. The monoisotopic (exact) mass is 412 g/mol. The first-order chi connectivity index (χ1) is 12.6. The lowest BCUT2D eigenvalue weighted by molar-refractivity contribution is 0.0594. The summed E-state index contributed by atoms with van der Waals surface area (Å²) in [5, 5.41) is 7.36. The van der Waals surface area contributed by atoms with Gasteiger partial charge in [0.2, 0.25) is 0 Å². The molecule has 1 fully saturated rings. The predicted molar refractivity (Wildman–Crippen MR) is 100 cm³/mol. The zero-order chi connectivity index (χ0) is 19.9. The number of aromatic nitrogens is 3. The minimum atomic E-state index is -3.06. The van der Waals surface area contributed by atoms with E-state index in [1.807, 2.05) is 0 Å². The van der Waals surface area contributed by atoms with Gasteiger partial charge in [-0.3, -0.25) is 14.8 Å². The van der Waals surface area contributed by atoms with Crippen molar-refractivity contribution in [3.63, 3.8) is 0 Å². The van der Waals surface area contributed by atoms with E-state index in [-0.39, 0.29) is 28.4 Å². The molecule has 11 heteroatoms. The van der Waals surface area contributed by atoms with E-state index in [9.17, 15) is 18.0 Å². The van der Waals surface area contributed by atoms with Crippen LogP contribution in [0.15, 0.2) is 0 Å². The molecule has 1 aliphatic heterocycles. The molecule has 1 atom stereocenters. The van der Waals surface area contributed by atoms with Gasteiger partial charge in [0.05, 0.1) is 35.9 Å². The lowest BCUT2D eigenvalue weighted by Crippen LogP contribution is -2.16. The number of aryl methyl sites for hydroxylation is 2. The molecule has 3 rings (SSSR count). The fourth-order valence-electron chi connectivity index (χ4n) is 3.21. The lowest BCUT2D eigenvalue weighted by atomic mass is 10.1. The SMILES string of the molecule is COC(=O)c1nc(NC(=O)c2c(C)nn([C@@H]3CCS(=O)(=O)C3)c2C)sc1C. The Morgan fingerprint density at radius 2 is 2.00 bits per heavy atom. The maximum atomic E-state index is 12.7. The topological polar surface area (TPSA) is 120 Å². The molecular weight excluding hydrogens is 392 g/mol. The Morgan fingerprint density at radius 3 is 2.59 bits per heavy atom. The third-order valence-electron chi connectivity index (χ3n) is 4.50. The van der Waals surface area contributed by atoms with Gasteiger partial charge in [0.15, 0.2) is 20.7 Å². The van der Waals surface area contributed by atoms with Crippen LogP contribution < -0.4 is 5.32 Å². The minimum Gasteiger partial charge on any atom is -0.464 e. The molecule has 0 aromatic carbocycles. The van der Waals surface area contributed by atoms with Gasteiger partial charge in [-0.25, -0.2) is 18.2 Å². The zero-order valence-corrected chi connectivity index (χ0v) is 17.0. The molecule has 2 aromatic heterocycles. The number of nitrogens with one attached hydrogen (secondary N) is 1. The summed E-state index contributed by atoms with van der Waals surface area (Å²) in [6.45, 7) is 5.16. The highest BCUT2D eigenvalue weighted by Crippen LogP contribution is 2.28. The minimum absolute atomic E-state index is 0.0319. The molecular formula is C16H20N4O5S2. The van der Waals surface area contributed by atoms with Crippen molar-refractivity contribution in [3.8, 4) is 0 Å². The molecule has 146 valence electrons. The zero-order valence-electron chi connectivity index (χ0n) is 15.4. The number of hydrogen-bond acceptors (Lipinski definition) is 8. The summed E-state index contributed by atoms with van der Waals surface area (Å²) in [6.07, 6.45) is 0.486. The van der Waals surface area contributed by atoms with Crippen LogP contribution in [0.1, 0.15) is 49.6 Å². The van der Waals surface area contributed by atoms with E-state index in [1.165, 1.54) is 18.4 Å². The van der Waals surface area contributed by atoms with Gasteiger partial charge in [-0.1, -0.05) is 0 Å². The summed E-state index contributed by atoms with van der Waals surface area (Å²) in [5.41, 5.74) is 1.66. The predicted octanol–water partition coefficient (Wildman–Crippen LogP) is 1.66. The Kier molecular flexibility index (Phi) is 5.08. The normalized spacial score (nSPS) is 18.4. The molecule has 0 radical (unpaired) electrons. The molecule has 0 aliphatic carbocycles. The molecule has 9 nitrogen and oxygen atoms in total. The standard InChI is InChI=1S/C16H20N4O5S2/c1-8-12(9(2)20(19-8)11-5-6-27(23,24)7-11)14(21)18-16-17-13(10(3)26-16)15(22)25-4/h11H,5-7H2,1-4H3,(H,17,18,21)/t11-/m1/s1. The van der Waals surface area contributed by atoms with Gasteiger partial charge in [0, 0.05) is 10.6 Å². The van der Waals surface area contributed by atoms with Gasteiger partial charge in [0.1, 0.15) is 0 Å². The van der Waals surface area contributed by atoms with E-state index < -0.39 is 21.7 Å². The fraction of sp³-hybridized carbons (Fsp3) is 0.500. The van der Waals surface area contributed by atoms with Gasteiger partial charge in [-0.15, -0.1) is 11.3 Å². The van der Waals surface area contributed by atoms with Crippen LogP contribution in [0.4, 0.5) is 5.13 Å². The number of amides is 1. The quantitative estimate of drug-likeness (QED) is 0.758. The van der Waals surface area contributed by atoms with Crippen molar-refractivity contribution in [1.82, 2.24) is 14.8 Å². The number of ether oxygens (including phenoxy) is 1. The smallest absolute Gasteiger partial charge is 0.357 e. The first-order valence-electron chi connectivity index (χ1n) is 8.26. The maximum absolute atomic E-state index is 12.7. The highest BCUT2D eigenvalue weighted by atomic mass is 32.2. The number of sulfone groups is 1. The Balaban J connectivity index is 1.85. The molecule has 0 bridgehead atoms. The highest BCUT2D eigenvalue weighted by molar-refractivity contribution is 7.91. The maximum Gasteiger partial charge on any atom is 0.357 e. The number of methoxy groups -OCH3 is 1. The lowest BCUT2D eigenvalue weighted by Gasteiger charge is -2.11. The second-order valence-electron chi connectivity index (χ2n) is 6.42. The first-order valence-corrected chi connectivity index (χ1v) is 10.9. The van der Waals surface area contributed by atoms with Crippen LogP contribution in [0, 0.1) is 20.8 Å². The molecule has 1 amide bonds. The second-order valence-corrected chi connectivity index (χ2v) is 9.85. The third-order valence-corrected chi connectivity index (χ3v) is 7.14. The number of nitrogens with zero attached hydrogens (tertiary/aromatic N) is 3. The van der Waals surface area contributed by atoms with Gasteiger partial charge < -0.3 is 4.74 Å². The number of esters is 1. The number of carbonyl (C=O) groups excluding carboxylic acids is 2. The second kappa shape index (κ2) is 7.04. The summed E-state index contributed by atoms with van der Waals surface area (Å²) < 4.78 is 29.8. The Bertz CT molecular complexity index is 1020. The summed E-state index contributed by atoms with van der Waals surface area (Å²) in [5.74, 6) is -0.801. The molecule has 1 aliphatic rings. The Morgan fingerprint density at radius 1 is 1.30 bits per heavy atom. The van der Waals surface area contributed by atoms with Gasteiger partial charge in [-0.2, -0.15) is 5.10 Å². The van der Waals surface area contributed by atoms with E-state index in [4.69, 9.17) is 0 Å². The van der Waals surface area contributed by atoms with E-state index >= 15 is 0 Å². The number of rotatable bonds is 4. The number of thiazole rings is 1. The largest absolute Gasteiger partial charge is 0.464 e. The van der Waals surface area contributed by atoms with Crippen LogP contribution in [-0.2, 0) is 14.6 Å². The van der Waals surface area contributed by atoms with Gasteiger partial charge in [0.25, 0.3) is 5.91 Å².